The number of esters is 1. The van der Waals surface area contributed by atoms with Gasteiger partial charge in [0.2, 0.25) is 0 Å². The molecule has 1 rings (SSSR count). The van der Waals surface area contributed by atoms with E-state index in [0.29, 0.717) is 18.7 Å². The van der Waals surface area contributed by atoms with Crippen LogP contribution in [0.1, 0.15) is 23.9 Å². The Labute approximate surface area is 151 Å². The summed E-state index contributed by atoms with van der Waals surface area (Å²) in [7, 11) is 1.61. The topological polar surface area (TPSA) is 136 Å². The number of carbonyl (C=O) groups is 3. The minimum Gasteiger partial charge on any atom is -0.448 e. The Morgan fingerprint density at radius 2 is 2.08 bits per heavy atom. The van der Waals surface area contributed by atoms with Crippen molar-refractivity contribution in [3.63, 3.8) is 0 Å². The molecule has 3 amide bonds. The molecule has 0 aliphatic rings. The van der Waals surface area contributed by atoms with Crippen molar-refractivity contribution in [3.05, 3.63) is 28.6 Å². The van der Waals surface area contributed by atoms with Crippen molar-refractivity contribution in [1.29, 1.82) is 5.26 Å². The van der Waals surface area contributed by atoms with Gasteiger partial charge >= 0.3 is 12.0 Å². The molecule has 0 radical (unpaired) electrons. The lowest BCUT2D eigenvalue weighted by Gasteiger charge is -2.11. The van der Waals surface area contributed by atoms with E-state index in [1.54, 1.807) is 18.5 Å². The Balaban J connectivity index is 2.98. The normalized spacial score (nSPS) is 12.2. The van der Waals surface area contributed by atoms with E-state index < -0.39 is 24.0 Å². The Bertz CT molecular complexity index is 773. The third-order valence-electron chi connectivity index (χ3n) is 3.67. The molecule has 1 heterocycles. The van der Waals surface area contributed by atoms with Gasteiger partial charge in [-0.3, -0.25) is 10.1 Å². The first-order chi connectivity index (χ1) is 12.2. The lowest BCUT2D eigenvalue weighted by atomic mass is 10.1. The zero-order valence-electron chi connectivity index (χ0n) is 15.2. The van der Waals surface area contributed by atoms with Gasteiger partial charge in [-0.05, 0) is 38.5 Å². The lowest BCUT2D eigenvalue weighted by molar-refractivity contribution is -0.150. The van der Waals surface area contributed by atoms with Crippen LogP contribution in [0.4, 0.5) is 4.79 Å². The number of nitriles is 1. The monoisotopic (exact) mass is 362 g/mol. The quantitative estimate of drug-likeness (QED) is 0.418. The minimum absolute atomic E-state index is 0.268. The number of hydrogen-bond acceptors (Lipinski definition) is 6. The molecular formula is C17H22N4O5. The number of rotatable bonds is 7. The first kappa shape index (κ1) is 20.9. The largest absolute Gasteiger partial charge is 0.448 e. The van der Waals surface area contributed by atoms with E-state index in [2.05, 4.69) is 0 Å². The summed E-state index contributed by atoms with van der Waals surface area (Å²) in [6, 6.07) is 2.54. The molecule has 0 unspecified atom stereocenters. The molecule has 0 fully saturated rings. The molecule has 0 aliphatic heterocycles. The van der Waals surface area contributed by atoms with Crippen LogP contribution < -0.4 is 11.1 Å². The van der Waals surface area contributed by atoms with Crippen molar-refractivity contribution >= 4 is 24.0 Å². The Kier molecular flexibility index (Phi) is 7.55. The zero-order chi connectivity index (χ0) is 19.9. The molecule has 26 heavy (non-hydrogen) atoms. The molecule has 9 heteroatoms. The summed E-state index contributed by atoms with van der Waals surface area (Å²) in [4.78, 5) is 34.3. The zero-order valence-corrected chi connectivity index (χ0v) is 15.2. The summed E-state index contributed by atoms with van der Waals surface area (Å²) in [5.41, 5.74) is 7.06. The van der Waals surface area contributed by atoms with Gasteiger partial charge in [-0.25, -0.2) is 9.59 Å². The van der Waals surface area contributed by atoms with Crippen LogP contribution in [0.3, 0.4) is 0 Å². The van der Waals surface area contributed by atoms with Crippen molar-refractivity contribution in [3.8, 4) is 6.07 Å². The van der Waals surface area contributed by atoms with E-state index in [9.17, 15) is 19.6 Å². The second-order valence-corrected chi connectivity index (χ2v) is 5.54. The maximum Gasteiger partial charge on any atom is 0.349 e. The number of primary amides is 1. The summed E-state index contributed by atoms with van der Waals surface area (Å²) in [5, 5.41) is 11.0. The lowest BCUT2D eigenvalue weighted by Crippen LogP contribution is -2.42. The molecule has 0 saturated heterocycles. The molecular weight excluding hydrogens is 340 g/mol. The number of nitrogens with two attached hydrogens (primary N) is 1. The maximum atomic E-state index is 12.1. The van der Waals surface area contributed by atoms with Gasteiger partial charge in [0.25, 0.3) is 5.91 Å². The van der Waals surface area contributed by atoms with E-state index >= 15 is 0 Å². The van der Waals surface area contributed by atoms with Gasteiger partial charge in [0.15, 0.2) is 6.10 Å². The number of carbonyl (C=O) groups excluding carboxylic acids is 3. The smallest absolute Gasteiger partial charge is 0.349 e. The third-order valence-corrected chi connectivity index (χ3v) is 3.67. The van der Waals surface area contributed by atoms with Crippen molar-refractivity contribution < 1.29 is 23.9 Å². The summed E-state index contributed by atoms with van der Waals surface area (Å²) < 4.78 is 12.0. The van der Waals surface area contributed by atoms with Crippen LogP contribution >= 0.6 is 0 Å². The molecule has 1 aromatic heterocycles. The molecule has 140 valence electrons. The molecule has 9 nitrogen and oxygen atoms in total. The van der Waals surface area contributed by atoms with Crippen molar-refractivity contribution in [2.24, 2.45) is 5.73 Å². The number of aryl methyl sites for hydroxylation is 1. The van der Waals surface area contributed by atoms with Crippen LogP contribution in [-0.4, -0.2) is 42.3 Å². The fraction of sp³-hybridized carbons (Fsp3) is 0.412. The molecule has 1 aromatic rings. The number of urea groups is 1. The number of amides is 3. The predicted molar refractivity (Wildman–Crippen MR) is 92.7 cm³/mol. The molecule has 0 saturated carbocycles. The Morgan fingerprint density at radius 3 is 2.62 bits per heavy atom. The predicted octanol–water partition coefficient (Wildman–Crippen LogP) is 0.785. The van der Waals surface area contributed by atoms with Gasteiger partial charge in [-0.1, -0.05) is 0 Å². The number of imide groups is 1. The van der Waals surface area contributed by atoms with Gasteiger partial charge in [0, 0.05) is 25.0 Å². The van der Waals surface area contributed by atoms with Gasteiger partial charge in [0.05, 0.1) is 6.61 Å². The van der Waals surface area contributed by atoms with Gasteiger partial charge < -0.3 is 19.8 Å². The second-order valence-electron chi connectivity index (χ2n) is 5.54. The minimum atomic E-state index is -1.28. The molecule has 3 N–H and O–H groups in total. The van der Waals surface area contributed by atoms with E-state index in [1.165, 1.54) is 13.0 Å². The van der Waals surface area contributed by atoms with Crippen LogP contribution in [0.15, 0.2) is 11.6 Å². The molecule has 1 atom stereocenters. The van der Waals surface area contributed by atoms with Gasteiger partial charge in [-0.15, -0.1) is 0 Å². The van der Waals surface area contributed by atoms with Crippen LogP contribution in [-0.2, 0) is 25.6 Å². The Hall–Kier alpha value is -3.12. The first-order valence-electron chi connectivity index (χ1n) is 7.80. The number of ether oxygens (including phenoxy) is 2. The Morgan fingerprint density at radius 1 is 1.42 bits per heavy atom. The summed E-state index contributed by atoms with van der Waals surface area (Å²) in [6.07, 6.45) is 0.119. The second kappa shape index (κ2) is 9.39. The summed E-state index contributed by atoms with van der Waals surface area (Å²) in [5.74, 6) is -1.85. The average Bonchev–Trinajstić information content (AvgIpc) is 2.83. The number of nitrogens with one attached hydrogen (secondary N) is 1. The first-order valence-corrected chi connectivity index (χ1v) is 7.80. The van der Waals surface area contributed by atoms with Crippen LogP contribution in [0.2, 0.25) is 0 Å². The van der Waals surface area contributed by atoms with Crippen molar-refractivity contribution in [2.75, 3.05) is 13.7 Å². The summed E-state index contributed by atoms with van der Waals surface area (Å²) >= 11 is 0. The standard InChI is InChI=1S/C17H22N4O5/c1-10-7-13(11(2)21(10)5-6-25-4)8-14(9-18)16(23)26-12(3)15(22)20-17(19)24/h7-8,12H,5-6H2,1-4H3,(H3,19,20,22,24)/b14-8+/t12-/m1/s1. The van der Waals surface area contributed by atoms with E-state index in [1.807, 2.05) is 24.5 Å². The van der Waals surface area contributed by atoms with Crippen molar-refractivity contribution in [1.82, 2.24) is 9.88 Å². The number of nitrogens with zero attached hydrogens (tertiary/aromatic N) is 2. The highest BCUT2D eigenvalue weighted by Gasteiger charge is 2.22. The van der Waals surface area contributed by atoms with Crippen molar-refractivity contribution in [2.45, 2.75) is 33.4 Å². The fourth-order valence-electron chi connectivity index (χ4n) is 2.29. The molecule has 0 spiro atoms. The number of hydrogen-bond donors (Lipinski definition) is 2. The van der Waals surface area contributed by atoms with Crippen LogP contribution in [0.25, 0.3) is 6.08 Å². The molecule has 0 aliphatic carbocycles. The highest BCUT2D eigenvalue weighted by molar-refractivity contribution is 6.01. The van der Waals surface area contributed by atoms with E-state index in [4.69, 9.17) is 15.2 Å². The molecule has 0 aromatic carbocycles. The van der Waals surface area contributed by atoms with E-state index in [-0.39, 0.29) is 5.57 Å². The summed E-state index contributed by atoms with van der Waals surface area (Å²) in [6.45, 7) is 6.19. The highest BCUT2D eigenvalue weighted by Crippen LogP contribution is 2.19. The fourth-order valence-corrected chi connectivity index (χ4v) is 2.29. The third kappa shape index (κ3) is 5.46. The van der Waals surface area contributed by atoms with E-state index in [0.717, 1.165) is 11.4 Å². The number of aromatic nitrogens is 1. The van der Waals surface area contributed by atoms with Crippen LogP contribution in [0.5, 0.6) is 0 Å². The van der Waals surface area contributed by atoms with Crippen LogP contribution in [0, 0.1) is 25.2 Å². The average molecular weight is 362 g/mol. The number of methoxy groups -OCH3 is 1. The highest BCUT2D eigenvalue weighted by atomic mass is 16.5. The van der Waals surface area contributed by atoms with Gasteiger partial charge in [-0.2, -0.15) is 5.26 Å². The SMILES string of the molecule is COCCn1c(C)cc(/C=C(\C#N)C(=O)O[C@H](C)C(=O)NC(N)=O)c1C. The van der Waals surface area contributed by atoms with Gasteiger partial charge in [0.1, 0.15) is 11.6 Å². The maximum absolute atomic E-state index is 12.1. The molecule has 0 bridgehead atoms.